The molecule has 0 aromatic heterocycles. The molecule has 0 atom stereocenters. The summed E-state index contributed by atoms with van der Waals surface area (Å²) >= 11 is 0. The van der Waals surface area contributed by atoms with Gasteiger partial charge in [-0.3, -0.25) is 4.72 Å². The number of rotatable bonds is 7. The number of hydrogen-bond acceptors (Lipinski definition) is 4. The van der Waals surface area contributed by atoms with Gasteiger partial charge in [0, 0.05) is 13.1 Å². The van der Waals surface area contributed by atoms with Crippen LogP contribution in [0.5, 0.6) is 0 Å². The summed E-state index contributed by atoms with van der Waals surface area (Å²) in [5, 5.41) is 9.39. The second kappa shape index (κ2) is 9.80. The molecular weight excluding hydrogens is 462 g/mol. The van der Waals surface area contributed by atoms with E-state index < -0.39 is 32.5 Å². The number of nitrogens with one attached hydrogen (secondary N) is 1. The molecule has 1 aliphatic heterocycles. The van der Waals surface area contributed by atoms with Crippen molar-refractivity contribution in [2.24, 2.45) is 5.92 Å². The van der Waals surface area contributed by atoms with E-state index in [-0.39, 0.29) is 11.3 Å². The number of carboxylic acid groups (broad SMARTS) is 1. The number of anilines is 2. The molecule has 0 amide bonds. The average molecular weight is 487 g/mol. The first kappa shape index (κ1) is 23.7. The molecule has 2 N–H and O–H groups in total. The normalized spacial score (nSPS) is 14.7. The minimum Gasteiger partial charge on any atom is -0.478 e. The van der Waals surface area contributed by atoms with Gasteiger partial charge in [-0.2, -0.15) is 0 Å². The Labute approximate surface area is 196 Å². The van der Waals surface area contributed by atoms with E-state index >= 15 is 0 Å². The first-order chi connectivity index (χ1) is 16.2. The van der Waals surface area contributed by atoms with E-state index in [0.717, 1.165) is 31.4 Å². The highest BCUT2D eigenvalue weighted by molar-refractivity contribution is 7.92. The lowest BCUT2D eigenvalue weighted by atomic mass is 9.90. The Kier molecular flexibility index (Phi) is 6.83. The fourth-order valence-electron chi connectivity index (χ4n) is 4.20. The third-order valence-electron chi connectivity index (χ3n) is 6.01. The van der Waals surface area contributed by atoms with E-state index in [1.165, 1.54) is 17.7 Å². The van der Waals surface area contributed by atoms with Crippen LogP contribution in [0.25, 0.3) is 0 Å². The molecule has 0 saturated carbocycles. The molecule has 3 aromatic rings. The predicted octanol–water partition coefficient (Wildman–Crippen LogP) is 4.92. The Morgan fingerprint density at radius 3 is 2.32 bits per heavy atom. The molecule has 1 saturated heterocycles. The fraction of sp³-hybridized carbons (Fsp3) is 0.240. The van der Waals surface area contributed by atoms with Gasteiger partial charge in [0.05, 0.1) is 21.8 Å². The zero-order chi connectivity index (χ0) is 24.3. The van der Waals surface area contributed by atoms with Gasteiger partial charge in [0.15, 0.2) is 11.6 Å². The summed E-state index contributed by atoms with van der Waals surface area (Å²) in [4.78, 5) is 13.0. The highest BCUT2D eigenvalue weighted by Gasteiger charge is 2.25. The summed E-state index contributed by atoms with van der Waals surface area (Å²) in [5.41, 5.74) is 1.79. The van der Waals surface area contributed by atoms with Crippen molar-refractivity contribution in [3.63, 3.8) is 0 Å². The van der Waals surface area contributed by atoms with Gasteiger partial charge in [0.1, 0.15) is 0 Å². The van der Waals surface area contributed by atoms with Crippen molar-refractivity contribution < 1.29 is 27.1 Å². The molecule has 0 unspecified atom stereocenters. The number of halogens is 2. The van der Waals surface area contributed by atoms with E-state index in [9.17, 15) is 27.1 Å². The number of sulfonamides is 1. The third-order valence-corrected chi connectivity index (χ3v) is 7.37. The molecule has 4 rings (SSSR count). The number of hydrogen-bond donors (Lipinski definition) is 2. The molecule has 0 aliphatic carbocycles. The van der Waals surface area contributed by atoms with Crippen LogP contribution in [0.1, 0.15) is 28.8 Å². The largest absolute Gasteiger partial charge is 0.478 e. The van der Waals surface area contributed by atoms with E-state index in [0.29, 0.717) is 30.8 Å². The van der Waals surface area contributed by atoms with Crippen molar-refractivity contribution in [2.45, 2.75) is 24.2 Å². The molecular formula is C25H24F2N2O4S. The van der Waals surface area contributed by atoms with Crippen LogP contribution >= 0.6 is 0 Å². The van der Waals surface area contributed by atoms with Crippen LogP contribution < -0.4 is 9.62 Å². The lowest BCUT2D eigenvalue weighted by Gasteiger charge is -2.35. The third kappa shape index (κ3) is 5.36. The van der Waals surface area contributed by atoms with Gasteiger partial charge in [0.2, 0.25) is 0 Å². The van der Waals surface area contributed by atoms with Crippen molar-refractivity contribution in [3.8, 4) is 0 Å². The van der Waals surface area contributed by atoms with Crippen LogP contribution in [0.2, 0.25) is 0 Å². The van der Waals surface area contributed by atoms with Crippen molar-refractivity contribution in [3.05, 3.63) is 89.5 Å². The standard InChI is InChI=1S/C25H24F2N2O4S/c26-21-8-7-20(16-22(21)27)34(32,33)28-23-15-19(25(30)31)6-9-24(23)29-12-10-18(11-13-29)14-17-4-2-1-3-5-17/h1-9,15-16,18,28H,10-14H2,(H,30,31). The number of carboxylic acids is 1. The highest BCUT2D eigenvalue weighted by atomic mass is 32.2. The number of aromatic carboxylic acids is 1. The van der Waals surface area contributed by atoms with Crippen LogP contribution in [-0.4, -0.2) is 32.6 Å². The van der Waals surface area contributed by atoms with Crippen molar-refractivity contribution in [1.82, 2.24) is 0 Å². The van der Waals surface area contributed by atoms with Gasteiger partial charge in [0.25, 0.3) is 10.0 Å². The van der Waals surface area contributed by atoms with Crippen molar-refractivity contribution in [2.75, 3.05) is 22.7 Å². The van der Waals surface area contributed by atoms with Gasteiger partial charge in [-0.25, -0.2) is 22.0 Å². The van der Waals surface area contributed by atoms with Crippen LogP contribution in [-0.2, 0) is 16.4 Å². The van der Waals surface area contributed by atoms with Crippen LogP contribution in [0, 0.1) is 17.6 Å². The van der Waals surface area contributed by atoms with Crippen LogP contribution in [0.3, 0.4) is 0 Å². The predicted molar refractivity (Wildman–Crippen MR) is 126 cm³/mol. The van der Waals surface area contributed by atoms with E-state index in [2.05, 4.69) is 16.9 Å². The summed E-state index contributed by atoms with van der Waals surface area (Å²) in [6.07, 6.45) is 2.75. The second-order valence-corrected chi connectivity index (χ2v) is 10.0. The summed E-state index contributed by atoms with van der Waals surface area (Å²) in [7, 11) is -4.28. The first-order valence-electron chi connectivity index (χ1n) is 10.9. The summed E-state index contributed by atoms with van der Waals surface area (Å²) in [6.45, 7) is 1.34. The summed E-state index contributed by atoms with van der Waals surface area (Å²) < 4.78 is 55.0. The van der Waals surface area contributed by atoms with E-state index in [1.54, 1.807) is 6.07 Å². The van der Waals surface area contributed by atoms with Gasteiger partial charge in [-0.1, -0.05) is 30.3 Å². The maximum absolute atomic E-state index is 13.6. The number of piperidine rings is 1. The van der Waals surface area contributed by atoms with E-state index in [1.807, 2.05) is 23.1 Å². The second-order valence-electron chi connectivity index (χ2n) is 8.34. The minimum absolute atomic E-state index is 0.0751. The Morgan fingerprint density at radius 2 is 1.68 bits per heavy atom. The molecule has 1 fully saturated rings. The maximum atomic E-state index is 13.6. The van der Waals surface area contributed by atoms with E-state index in [4.69, 9.17) is 0 Å². The van der Waals surface area contributed by atoms with Gasteiger partial charge in [-0.05, 0) is 67.1 Å². The molecule has 6 nitrogen and oxygen atoms in total. The highest BCUT2D eigenvalue weighted by Crippen LogP contribution is 2.33. The van der Waals surface area contributed by atoms with Crippen LogP contribution in [0.4, 0.5) is 20.2 Å². The van der Waals surface area contributed by atoms with Gasteiger partial charge in [-0.15, -0.1) is 0 Å². The van der Waals surface area contributed by atoms with Crippen molar-refractivity contribution >= 4 is 27.4 Å². The number of nitrogens with zero attached hydrogens (tertiary/aromatic N) is 1. The SMILES string of the molecule is O=C(O)c1ccc(N2CCC(Cc3ccccc3)CC2)c(NS(=O)(=O)c2ccc(F)c(F)c2)c1. The Bertz CT molecular complexity index is 1290. The topological polar surface area (TPSA) is 86.7 Å². The molecule has 3 aromatic carbocycles. The molecule has 34 heavy (non-hydrogen) atoms. The fourth-order valence-corrected chi connectivity index (χ4v) is 5.28. The Balaban J connectivity index is 1.56. The minimum atomic E-state index is -4.28. The smallest absolute Gasteiger partial charge is 0.335 e. The van der Waals surface area contributed by atoms with Gasteiger partial charge < -0.3 is 10.0 Å². The van der Waals surface area contributed by atoms with Crippen LogP contribution in [0.15, 0.2) is 71.6 Å². The monoisotopic (exact) mass is 486 g/mol. The summed E-state index contributed by atoms with van der Waals surface area (Å²) in [6, 6.07) is 16.7. The lowest BCUT2D eigenvalue weighted by Crippen LogP contribution is -2.35. The number of benzene rings is 3. The maximum Gasteiger partial charge on any atom is 0.335 e. The van der Waals surface area contributed by atoms with Gasteiger partial charge >= 0.3 is 5.97 Å². The zero-order valence-electron chi connectivity index (χ0n) is 18.2. The molecule has 0 bridgehead atoms. The number of carbonyl (C=O) groups is 1. The first-order valence-corrected chi connectivity index (χ1v) is 12.4. The lowest BCUT2D eigenvalue weighted by molar-refractivity contribution is 0.0697. The summed E-state index contributed by atoms with van der Waals surface area (Å²) in [5.74, 6) is -3.17. The molecule has 178 valence electrons. The molecule has 9 heteroatoms. The quantitative estimate of drug-likeness (QED) is 0.495. The molecule has 1 aliphatic rings. The molecule has 0 spiro atoms. The Morgan fingerprint density at radius 1 is 0.971 bits per heavy atom. The molecule has 1 heterocycles. The zero-order valence-corrected chi connectivity index (χ0v) is 19.1. The molecule has 0 radical (unpaired) electrons. The Hall–Kier alpha value is -3.46. The average Bonchev–Trinajstić information content (AvgIpc) is 2.82. The van der Waals surface area contributed by atoms with Crippen molar-refractivity contribution in [1.29, 1.82) is 0 Å².